The Labute approximate surface area is 165 Å². The summed E-state index contributed by atoms with van der Waals surface area (Å²) in [5.74, 6) is -2.37. The van der Waals surface area contributed by atoms with Crippen LogP contribution in [0.5, 0.6) is 0 Å². The highest BCUT2D eigenvalue weighted by Gasteiger charge is 2.51. The quantitative estimate of drug-likeness (QED) is 0.208. The van der Waals surface area contributed by atoms with Crippen molar-refractivity contribution in [3.05, 3.63) is 0 Å². The maximum Gasteiger partial charge on any atom is 0.397 e. The molecule has 6 N–H and O–H groups in total. The molecule has 2 saturated heterocycles. The molecule has 0 spiro atoms. The van der Waals surface area contributed by atoms with Crippen molar-refractivity contribution >= 4 is 16.4 Å². The van der Waals surface area contributed by atoms with Gasteiger partial charge in [0.25, 0.3) is 0 Å². The van der Waals surface area contributed by atoms with E-state index in [1.54, 1.807) is 0 Å². The number of hydrogen-bond donors (Lipinski definition) is 6. The van der Waals surface area contributed by atoms with Gasteiger partial charge in [0, 0.05) is 13.0 Å². The molecule has 0 amide bonds. The summed E-state index contributed by atoms with van der Waals surface area (Å²) >= 11 is 0. The van der Waals surface area contributed by atoms with Crippen LogP contribution in [-0.4, -0.2) is 113 Å². The smallest absolute Gasteiger partial charge is 0.397 e. The lowest BCUT2D eigenvalue weighted by atomic mass is 9.91. The Morgan fingerprint density at radius 3 is 2.14 bits per heavy atom. The lowest BCUT2D eigenvalue weighted by molar-refractivity contribution is -0.344. The maximum atomic E-state index is 11.2. The van der Waals surface area contributed by atoms with Crippen molar-refractivity contribution in [2.45, 2.75) is 62.2 Å². The second kappa shape index (κ2) is 9.44. The maximum absolute atomic E-state index is 11.2. The highest BCUT2D eigenvalue weighted by atomic mass is 32.3. The van der Waals surface area contributed by atoms with Crippen molar-refractivity contribution in [1.29, 1.82) is 0 Å². The molecule has 14 nitrogen and oxygen atoms in total. The number of hydrogen-bond acceptors (Lipinski definition) is 12. The molecule has 0 aliphatic carbocycles. The van der Waals surface area contributed by atoms with E-state index in [0.717, 1.165) is 0 Å². The monoisotopic (exact) mass is 448 g/mol. The van der Waals surface area contributed by atoms with Crippen LogP contribution in [0.15, 0.2) is 0 Å². The number of rotatable bonds is 7. The first-order valence-corrected chi connectivity index (χ1v) is 9.80. The van der Waals surface area contributed by atoms with Gasteiger partial charge in [-0.1, -0.05) is 6.92 Å². The zero-order chi connectivity index (χ0) is 22.1. The Bertz CT molecular complexity index is 669. The van der Waals surface area contributed by atoms with Crippen molar-refractivity contribution in [2.24, 2.45) is 5.92 Å². The van der Waals surface area contributed by atoms with Crippen LogP contribution in [0.3, 0.4) is 0 Å². The predicted octanol–water partition coefficient (Wildman–Crippen LogP) is -3.55. The Kier molecular flexibility index (Phi) is 7.91. The molecule has 2 fully saturated rings. The van der Waals surface area contributed by atoms with E-state index in [1.165, 1.54) is 14.0 Å². The summed E-state index contributed by atoms with van der Waals surface area (Å²) in [4.78, 5) is 11.2. The molecule has 15 heteroatoms. The lowest BCUT2D eigenvalue weighted by Gasteiger charge is -2.46. The van der Waals surface area contributed by atoms with E-state index in [2.05, 4.69) is 4.18 Å². The summed E-state index contributed by atoms with van der Waals surface area (Å²) in [7, 11) is -3.58. The zero-order valence-corrected chi connectivity index (χ0v) is 16.2. The van der Waals surface area contributed by atoms with Crippen LogP contribution >= 0.6 is 0 Å². The lowest BCUT2D eigenvalue weighted by Crippen LogP contribution is -2.63. The summed E-state index contributed by atoms with van der Waals surface area (Å²) in [5, 5.41) is 49.2. The Morgan fingerprint density at radius 2 is 1.62 bits per heavy atom. The highest BCUT2D eigenvalue weighted by Crippen LogP contribution is 2.32. The van der Waals surface area contributed by atoms with E-state index >= 15 is 0 Å². The molecule has 2 aliphatic rings. The zero-order valence-electron chi connectivity index (χ0n) is 15.3. The van der Waals surface area contributed by atoms with Crippen molar-refractivity contribution < 1.29 is 66.4 Å². The fraction of sp³-hybridized carbons (Fsp3) is 0.929. The number of carboxylic acid groups (broad SMARTS) is 1. The minimum atomic E-state index is -4.83. The largest absolute Gasteiger partial charge is 0.479 e. The van der Waals surface area contributed by atoms with E-state index < -0.39 is 84.2 Å². The molecule has 2 rings (SSSR count). The van der Waals surface area contributed by atoms with Gasteiger partial charge in [0.2, 0.25) is 0 Å². The van der Waals surface area contributed by atoms with Gasteiger partial charge in [-0.05, 0) is 0 Å². The summed E-state index contributed by atoms with van der Waals surface area (Å²) in [6.07, 6.45) is -14.7. The van der Waals surface area contributed by atoms with E-state index in [9.17, 15) is 33.6 Å². The molecule has 170 valence electrons. The molecule has 0 aromatic carbocycles. The third kappa shape index (κ3) is 5.59. The number of ether oxygens (including phenoxy) is 4. The fourth-order valence-electron chi connectivity index (χ4n) is 3.14. The SMILES string of the molecule is CO[C@H]1OC(COS(=O)(=O)O)[C@@H](O)[C@H](O[C@@H]2OC(C(=O)O)[C@@H](O)[C@H](O)C2O)C1C. The topological polar surface area (TPSA) is 219 Å². The van der Waals surface area contributed by atoms with Crippen LogP contribution in [-0.2, 0) is 38.3 Å². The number of aliphatic hydroxyl groups is 4. The average Bonchev–Trinajstić information content (AvgIpc) is 2.63. The van der Waals surface area contributed by atoms with Crippen LogP contribution in [0.1, 0.15) is 6.92 Å². The third-order valence-corrected chi connectivity index (χ3v) is 5.13. The first kappa shape index (κ1) is 24.3. The molecule has 2 heterocycles. The van der Waals surface area contributed by atoms with Crippen molar-refractivity contribution in [2.75, 3.05) is 13.7 Å². The molecule has 4 unspecified atom stereocenters. The minimum Gasteiger partial charge on any atom is -0.479 e. The first-order chi connectivity index (χ1) is 13.4. The van der Waals surface area contributed by atoms with Crippen LogP contribution in [0.25, 0.3) is 0 Å². The second-order valence-corrected chi connectivity index (χ2v) is 7.77. The Hall–Kier alpha value is -0.980. The van der Waals surface area contributed by atoms with Crippen LogP contribution in [0.2, 0.25) is 0 Å². The van der Waals surface area contributed by atoms with Gasteiger partial charge in [0.1, 0.15) is 30.5 Å². The molecule has 29 heavy (non-hydrogen) atoms. The summed E-state index contributed by atoms with van der Waals surface area (Å²) in [6, 6.07) is 0. The molecule has 0 aromatic rings. The van der Waals surface area contributed by atoms with Crippen molar-refractivity contribution in [1.82, 2.24) is 0 Å². The molecule has 2 aliphatic heterocycles. The van der Waals surface area contributed by atoms with E-state index in [-0.39, 0.29) is 0 Å². The molecular formula is C14H24O14S. The number of carboxylic acids is 1. The van der Waals surface area contributed by atoms with Crippen LogP contribution in [0, 0.1) is 5.92 Å². The third-order valence-electron chi connectivity index (χ3n) is 4.69. The van der Waals surface area contributed by atoms with Gasteiger partial charge >= 0.3 is 16.4 Å². The summed E-state index contributed by atoms with van der Waals surface area (Å²) in [6.45, 7) is 0.705. The molecular weight excluding hydrogens is 424 g/mol. The minimum absolute atomic E-state index is 0.750. The van der Waals surface area contributed by atoms with Gasteiger partial charge in [-0.2, -0.15) is 8.42 Å². The van der Waals surface area contributed by atoms with Gasteiger partial charge in [0.15, 0.2) is 18.7 Å². The number of methoxy groups -OCH3 is 1. The summed E-state index contributed by atoms with van der Waals surface area (Å²) < 4.78 is 55.4. The molecule has 0 bridgehead atoms. The van der Waals surface area contributed by atoms with E-state index in [1.807, 2.05) is 0 Å². The van der Waals surface area contributed by atoms with Gasteiger partial charge in [0.05, 0.1) is 12.7 Å². The molecule has 0 aromatic heterocycles. The van der Waals surface area contributed by atoms with Crippen LogP contribution in [0.4, 0.5) is 0 Å². The fourth-order valence-corrected chi connectivity index (χ4v) is 3.45. The Balaban J connectivity index is 2.19. The van der Waals surface area contributed by atoms with Gasteiger partial charge in [-0.25, -0.2) is 8.98 Å². The molecule has 0 saturated carbocycles. The van der Waals surface area contributed by atoms with Crippen molar-refractivity contribution in [3.63, 3.8) is 0 Å². The van der Waals surface area contributed by atoms with E-state index in [0.29, 0.717) is 0 Å². The van der Waals surface area contributed by atoms with Crippen LogP contribution < -0.4 is 0 Å². The van der Waals surface area contributed by atoms with Gasteiger partial charge < -0.3 is 44.5 Å². The number of carbonyl (C=O) groups is 1. The number of aliphatic hydroxyl groups excluding tert-OH is 4. The van der Waals surface area contributed by atoms with Crippen molar-refractivity contribution in [3.8, 4) is 0 Å². The number of aliphatic carboxylic acids is 1. The average molecular weight is 448 g/mol. The molecule has 0 radical (unpaired) electrons. The standard InChI is InChI=1S/C14H24O14S/c1-4-10(6(15)5(26-13(4)24-2)3-25-29(21,22)23)27-14-9(18)7(16)8(17)11(28-14)12(19)20/h4-11,13-18H,3H2,1-2H3,(H,19,20)(H,21,22,23)/t4?,5?,6-,7+,8+,9?,10-,11?,13+,14-/m1/s1. The Morgan fingerprint density at radius 1 is 1.00 bits per heavy atom. The normalized spacial score (nSPS) is 43.8. The predicted molar refractivity (Wildman–Crippen MR) is 87.5 cm³/mol. The summed E-state index contributed by atoms with van der Waals surface area (Å²) in [5.41, 5.74) is 0. The highest BCUT2D eigenvalue weighted by molar-refractivity contribution is 7.80. The first-order valence-electron chi connectivity index (χ1n) is 8.43. The van der Waals surface area contributed by atoms with Gasteiger partial charge in [-0.15, -0.1) is 0 Å². The molecule has 10 atom stereocenters. The second-order valence-electron chi connectivity index (χ2n) is 6.68. The van der Waals surface area contributed by atoms with Gasteiger partial charge in [-0.3, -0.25) is 4.55 Å². The van der Waals surface area contributed by atoms with E-state index in [4.69, 9.17) is 28.6 Å².